The number of nitrogens with one attached hydrogen (secondary N) is 3. The van der Waals surface area contributed by atoms with Crippen LogP contribution in [0.1, 0.15) is 12.8 Å². The first-order valence-electron chi connectivity index (χ1n) is 7.71. The standard InChI is InChI=1S/C16H17N5OS/c22-15(10-3-5-17-6-4-10)21-16-20-13-2-1-11(7-14(13)23-16)12-8-18-19-9-12/h1-2,7-10,17H,3-6H2,(H,18,19)(H,20,21,22). The first kappa shape index (κ1) is 14.3. The van der Waals surface area contributed by atoms with Crippen LogP contribution in [0.15, 0.2) is 30.6 Å². The van der Waals surface area contributed by atoms with Crippen LogP contribution >= 0.6 is 11.3 Å². The lowest BCUT2D eigenvalue weighted by Gasteiger charge is -2.20. The van der Waals surface area contributed by atoms with Gasteiger partial charge in [0.2, 0.25) is 5.91 Å². The smallest absolute Gasteiger partial charge is 0.229 e. The summed E-state index contributed by atoms with van der Waals surface area (Å²) in [6, 6.07) is 6.08. The second kappa shape index (κ2) is 6.10. The van der Waals surface area contributed by atoms with E-state index in [9.17, 15) is 4.79 Å². The van der Waals surface area contributed by atoms with Gasteiger partial charge in [0.15, 0.2) is 5.13 Å². The van der Waals surface area contributed by atoms with Crippen LogP contribution in [0.4, 0.5) is 5.13 Å². The van der Waals surface area contributed by atoms with Crippen LogP contribution in [0.2, 0.25) is 0 Å². The van der Waals surface area contributed by atoms with Crippen molar-refractivity contribution < 1.29 is 4.79 Å². The van der Waals surface area contributed by atoms with Crippen molar-refractivity contribution in [3.8, 4) is 11.1 Å². The van der Waals surface area contributed by atoms with Crippen LogP contribution in [0.5, 0.6) is 0 Å². The molecule has 1 fully saturated rings. The number of nitrogens with zero attached hydrogens (tertiary/aromatic N) is 2. The van der Waals surface area contributed by atoms with E-state index in [-0.39, 0.29) is 11.8 Å². The van der Waals surface area contributed by atoms with Gasteiger partial charge in [0.05, 0.1) is 16.4 Å². The van der Waals surface area contributed by atoms with Crippen molar-refractivity contribution in [2.75, 3.05) is 18.4 Å². The SMILES string of the molecule is O=C(Nc1nc2ccc(-c3cn[nH]c3)cc2s1)C1CCNCC1. The van der Waals surface area contributed by atoms with Crippen LogP contribution in [-0.2, 0) is 4.79 Å². The highest BCUT2D eigenvalue weighted by atomic mass is 32.1. The highest BCUT2D eigenvalue weighted by Crippen LogP contribution is 2.30. The van der Waals surface area contributed by atoms with E-state index in [4.69, 9.17) is 0 Å². The van der Waals surface area contributed by atoms with E-state index in [2.05, 4.69) is 31.9 Å². The molecule has 118 valence electrons. The summed E-state index contributed by atoms with van der Waals surface area (Å²) in [7, 11) is 0. The zero-order chi connectivity index (χ0) is 15.6. The first-order valence-corrected chi connectivity index (χ1v) is 8.52. The summed E-state index contributed by atoms with van der Waals surface area (Å²) in [5.41, 5.74) is 3.04. The topological polar surface area (TPSA) is 82.7 Å². The summed E-state index contributed by atoms with van der Waals surface area (Å²) in [6.45, 7) is 1.82. The van der Waals surface area contributed by atoms with Gasteiger partial charge in [0, 0.05) is 17.7 Å². The van der Waals surface area contributed by atoms with Crippen LogP contribution in [0.3, 0.4) is 0 Å². The van der Waals surface area contributed by atoms with Crippen molar-refractivity contribution in [2.24, 2.45) is 5.92 Å². The second-order valence-corrected chi connectivity index (χ2v) is 6.73. The number of fused-ring (bicyclic) bond motifs is 1. The molecule has 3 heterocycles. The zero-order valence-corrected chi connectivity index (χ0v) is 13.3. The fourth-order valence-corrected chi connectivity index (χ4v) is 3.77. The highest BCUT2D eigenvalue weighted by Gasteiger charge is 2.21. The average Bonchev–Trinajstić information content (AvgIpc) is 3.24. The molecule has 0 atom stereocenters. The monoisotopic (exact) mass is 327 g/mol. The van der Waals surface area contributed by atoms with Gasteiger partial charge in [-0.05, 0) is 43.6 Å². The van der Waals surface area contributed by atoms with Gasteiger partial charge in [-0.1, -0.05) is 17.4 Å². The van der Waals surface area contributed by atoms with Crippen molar-refractivity contribution in [2.45, 2.75) is 12.8 Å². The number of anilines is 1. The molecule has 1 aliphatic rings. The van der Waals surface area contributed by atoms with Crippen molar-refractivity contribution in [3.05, 3.63) is 30.6 Å². The summed E-state index contributed by atoms with van der Waals surface area (Å²) in [5, 5.41) is 13.7. The Labute approximate surface area is 137 Å². The van der Waals surface area contributed by atoms with Crippen LogP contribution in [-0.4, -0.2) is 34.2 Å². The van der Waals surface area contributed by atoms with Gasteiger partial charge in [0.1, 0.15) is 0 Å². The molecule has 3 aromatic rings. The summed E-state index contributed by atoms with van der Waals surface area (Å²) in [6.07, 6.45) is 5.44. The molecule has 0 radical (unpaired) electrons. The van der Waals surface area contributed by atoms with E-state index in [1.54, 1.807) is 6.20 Å². The Hall–Kier alpha value is -2.25. The fourth-order valence-electron chi connectivity index (χ4n) is 2.86. The number of rotatable bonds is 3. The number of amides is 1. The van der Waals surface area contributed by atoms with E-state index in [0.717, 1.165) is 47.3 Å². The van der Waals surface area contributed by atoms with Crippen LogP contribution in [0.25, 0.3) is 21.3 Å². The normalized spacial score (nSPS) is 15.8. The van der Waals surface area contributed by atoms with Crippen LogP contribution in [0, 0.1) is 5.92 Å². The van der Waals surface area contributed by atoms with E-state index in [1.807, 2.05) is 18.3 Å². The number of benzene rings is 1. The molecular formula is C16H17N5OS. The van der Waals surface area contributed by atoms with Gasteiger partial charge < -0.3 is 10.6 Å². The molecular weight excluding hydrogens is 310 g/mol. The zero-order valence-electron chi connectivity index (χ0n) is 12.5. The van der Waals surface area contributed by atoms with Gasteiger partial charge in [-0.15, -0.1) is 0 Å². The number of aromatic amines is 1. The maximum Gasteiger partial charge on any atom is 0.229 e. The number of hydrogen-bond acceptors (Lipinski definition) is 5. The molecule has 1 aliphatic heterocycles. The molecule has 1 aromatic carbocycles. The molecule has 1 amide bonds. The fraction of sp³-hybridized carbons (Fsp3) is 0.312. The number of piperidine rings is 1. The number of carbonyl (C=O) groups excluding carboxylic acids is 1. The first-order chi connectivity index (χ1) is 11.3. The highest BCUT2D eigenvalue weighted by molar-refractivity contribution is 7.22. The molecule has 7 heteroatoms. The quantitative estimate of drug-likeness (QED) is 0.690. The molecule has 0 spiro atoms. The van der Waals surface area contributed by atoms with E-state index >= 15 is 0 Å². The Kier molecular flexibility index (Phi) is 3.80. The molecule has 0 unspecified atom stereocenters. The Bertz CT molecular complexity index is 820. The molecule has 3 N–H and O–H groups in total. The predicted molar refractivity (Wildman–Crippen MR) is 91.4 cm³/mol. The number of thiazole rings is 1. The molecule has 1 saturated heterocycles. The molecule has 23 heavy (non-hydrogen) atoms. The van der Waals surface area contributed by atoms with Crippen molar-refractivity contribution in [3.63, 3.8) is 0 Å². The largest absolute Gasteiger partial charge is 0.317 e. The van der Waals surface area contributed by atoms with E-state index in [1.165, 1.54) is 11.3 Å². The minimum absolute atomic E-state index is 0.0839. The minimum Gasteiger partial charge on any atom is -0.317 e. The molecule has 0 saturated carbocycles. The van der Waals surface area contributed by atoms with E-state index in [0.29, 0.717) is 5.13 Å². The molecule has 0 bridgehead atoms. The Morgan fingerprint density at radius 1 is 1.26 bits per heavy atom. The molecule has 6 nitrogen and oxygen atoms in total. The number of hydrogen-bond donors (Lipinski definition) is 3. The third kappa shape index (κ3) is 2.97. The number of aromatic nitrogens is 3. The molecule has 2 aromatic heterocycles. The summed E-state index contributed by atoms with van der Waals surface area (Å²) in [4.78, 5) is 16.8. The van der Waals surface area contributed by atoms with Crippen molar-refractivity contribution in [1.82, 2.24) is 20.5 Å². The Morgan fingerprint density at radius 3 is 2.91 bits per heavy atom. The lowest BCUT2D eigenvalue weighted by atomic mass is 9.97. The van der Waals surface area contributed by atoms with Gasteiger partial charge >= 0.3 is 0 Å². The van der Waals surface area contributed by atoms with Gasteiger partial charge in [-0.25, -0.2) is 4.98 Å². The van der Waals surface area contributed by atoms with Gasteiger partial charge in [-0.3, -0.25) is 9.89 Å². The lowest BCUT2D eigenvalue weighted by molar-refractivity contribution is -0.120. The number of H-pyrrole nitrogens is 1. The molecule has 4 rings (SSSR count). The minimum atomic E-state index is 0.0839. The predicted octanol–water partition coefficient (Wildman–Crippen LogP) is 2.62. The molecule has 0 aliphatic carbocycles. The summed E-state index contributed by atoms with van der Waals surface area (Å²) >= 11 is 1.51. The summed E-state index contributed by atoms with van der Waals surface area (Å²) in [5.74, 6) is 0.172. The van der Waals surface area contributed by atoms with Crippen LogP contribution < -0.4 is 10.6 Å². The maximum atomic E-state index is 12.3. The number of carbonyl (C=O) groups is 1. The summed E-state index contributed by atoms with van der Waals surface area (Å²) < 4.78 is 1.06. The average molecular weight is 327 g/mol. The third-order valence-electron chi connectivity index (χ3n) is 4.16. The van der Waals surface area contributed by atoms with Crippen molar-refractivity contribution >= 4 is 32.6 Å². The maximum absolute atomic E-state index is 12.3. The second-order valence-electron chi connectivity index (χ2n) is 5.70. The van der Waals surface area contributed by atoms with Gasteiger partial charge in [0.25, 0.3) is 0 Å². The van der Waals surface area contributed by atoms with Gasteiger partial charge in [-0.2, -0.15) is 5.10 Å². The van der Waals surface area contributed by atoms with E-state index < -0.39 is 0 Å². The Balaban J connectivity index is 1.55. The third-order valence-corrected chi connectivity index (χ3v) is 5.09. The lowest BCUT2D eigenvalue weighted by Crippen LogP contribution is -2.34. The Morgan fingerprint density at radius 2 is 2.13 bits per heavy atom. The van der Waals surface area contributed by atoms with Crippen molar-refractivity contribution in [1.29, 1.82) is 0 Å².